The topological polar surface area (TPSA) is 90.4 Å². The molecule has 7 heteroatoms. The molecule has 26 heavy (non-hydrogen) atoms. The maximum absolute atomic E-state index is 12.2. The highest BCUT2D eigenvalue weighted by Crippen LogP contribution is 2.19. The van der Waals surface area contributed by atoms with Crippen LogP contribution in [0.5, 0.6) is 0 Å². The third kappa shape index (κ3) is 5.30. The minimum atomic E-state index is -0.468. The Morgan fingerprint density at radius 1 is 1.31 bits per heavy atom. The predicted octanol–water partition coefficient (Wildman–Crippen LogP) is 2.48. The van der Waals surface area contributed by atoms with Crippen molar-refractivity contribution in [3.63, 3.8) is 0 Å². The third-order valence-electron chi connectivity index (χ3n) is 4.61. The summed E-state index contributed by atoms with van der Waals surface area (Å²) in [6, 6.07) is 7.55. The van der Waals surface area contributed by atoms with Crippen molar-refractivity contribution in [2.24, 2.45) is 11.7 Å². The van der Waals surface area contributed by atoms with Gasteiger partial charge >= 0.3 is 0 Å². The lowest BCUT2D eigenvalue weighted by atomic mass is 9.92. The summed E-state index contributed by atoms with van der Waals surface area (Å²) in [6.45, 7) is 3.91. The van der Waals surface area contributed by atoms with E-state index in [2.05, 4.69) is 10.3 Å². The molecule has 142 valence electrons. The first kappa shape index (κ1) is 20.4. The monoisotopic (exact) mass is 379 g/mol. The number of nitrogens with one attached hydrogen (secondary N) is 1. The van der Waals surface area contributed by atoms with E-state index in [1.807, 2.05) is 31.2 Å². The van der Waals surface area contributed by atoms with Crippen LogP contribution in [-0.2, 0) is 16.0 Å². The van der Waals surface area contributed by atoms with Crippen LogP contribution in [0.2, 0.25) is 0 Å². The molecule has 0 saturated carbocycles. The predicted molar refractivity (Wildman–Crippen MR) is 102 cm³/mol. The van der Waals surface area contributed by atoms with E-state index in [1.165, 1.54) is 5.56 Å². The summed E-state index contributed by atoms with van der Waals surface area (Å²) >= 11 is 0. The van der Waals surface area contributed by atoms with Crippen molar-refractivity contribution >= 4 is 18.3 Å². The standard InChI is InChI=1S/C19H25N3O3.ClH/c1-13-2-4-15(5-3-13)19-22-16(12-25-19)6-9-21-18(23)17(20)14-7-10-24-11-8-14;/h2-5,12,14,17H,6-11,20H2,1H3,(H,21,23);1H. The number of aromatic nitrogens is 1. The third-order valence-corrected chi connectivity index (χ3v) is 4.61. The number of rotatable bonds is 6. The van der Waals surface area contributed by atoms with Gasteiger partial charge in [-0.25, -0.2) is 4.98 Å². The van der Waals surface area contributed by atoms with Crippen LogP contribution in [0.25, 0.3) is 11.5 Å². The van der Waals surface area contributed by atoms with Gasteiger partial charge in [-0.05, 0) is 37.8 Å². The molecule has 1 fully saturated rings. The van der Waals surface area contributed by atoms with Gasteiger partial charge in [0.15, 0.2) is 0 Å². The van der Waals surface area contributed by atoms with Crippen LogP contribution >= 0.6 is 12.4 Å². The Kier molecular flexibility index (Phi) is 7.63. The minimum Gasteiger partial charge on any atom is -0.444 e. The molecule has 2 heterocycles. The SMILES string of the molecule is Cc1ccc(-c2nc(CCNC(=O)C(N)C3CCOCC3)co2)cc1.Cl. The average molecular weight is 380 g/mol. The van der Waals surface area contributed by atoms with Gasteiger partial charge in [0.05, 0.1) is 11.7 Å². The number of hydrogen-bond donors (Lipinski definition) is 2. The Bertz CT molecular complexity index is 696. The van der Waals surface area contributed by atoms with Crippen molar-refractivity contribution in [2.45, 2.75) is 32.2 Å². The summed E-state index contributed by atoms with van der Waals surface area (Å²) in [7, 11) is 0. The van der Waals surface area contributed by atoms with Gasteiger partial charge in [0, 0.05) is 31.7 Å². The Hall–Kier alpha value is -1.89. The van der Waals surface area contributed by atoms with Crippen LogP contribution < -0.4 is 11.1 Å². The van der Waals surface area contributed by atoms with E-state index in [4.69, 9.17) is 14.9 Å². The van der Waals surface area contributed by atoms with Gasteiger partial charge in [0.25, 0.3) is 0 Å². The maximum Gasteiger partial charge on any atom is 0.237 e. The number of aryl methyl sites for hydroxylation is 1. The first-order chi connectivity index (χ1) is 12.1. The first-order valence-corrected chi connectivity index (χ1v) is 8.76. The molecule has 0 bridgehead atoms. The zero-order valence-corrected chi connectivity index (χ0v) is 15.8. The number of carbonyl (C=O) groups excluding carboxylic acids is 1. The molecule has 1 saturated heterocycles. The van der Waals surface area contributed by atoms with E-state index in [1.54, 1.807) is 6.26 Å². The van der Waals surface area contributed by atoms with Gasteiger partial charge < -0.3 is 20.2 Å². The molecule has 6 nitrogen and oxygen atoms in total. The fraction of sp³-hybridized carbons (Fsp3) is 0.474. The van der Waals surface area contributed by atoms with Crippen LogP contribution in [0.4, 0.5) is 0 Å². The number of hydrogen-bond acceptors (Lipinski definition) is 5. The molecule has 3 N–H and O–H groups in total. The number of amides is 1. The van der Waals surface area contributed by atoms with Crippen molar-refractivity contribution in [1.82, 2.24) is 10.3 Å². The highest BCUT2D eigenvalue weighted by atomic mass is 35.5. The van der Waals surface area contributed by atoms with Crippen LogP contribution in [-0.4, -0.2) is 36.7 Å². The Morgan fingerprint density at radius 3 is 2.69 bits per heavy atom. The molecule has 0 radical (unpaired) electrons. The number of nitrogens with two attached hydrogens (primary N) is 1. The largest absolute Gasteiger partial charge is 0.444 e. The lowest BCUT2D eigenvalue weighted by Crippen LogP contribution is -2.47. The molecular weight excluding hydrogens is 354 g/mol. The van der Waals surface area contributed by atoms with E-state index < -0.39 is 6.04 Å². The van der Waals surface area contributed by atoms with Crippen LogP contribution in [0.3, 0.4) is 0 Å². The summed E-state index contributed by atoms with van der Waals surface area (Å²) in [6.07, 6.45) is 3.94. The second kappa shape index (κ2) is 9.71. The van der Waals surface area contributed by atoms with E-state index in [9.17, 15) is 4.79 Å². The van der Waals surface area contributed by atoms with Gasteiger partial charge in [-0.15, -0.1) is 12.4 Å². The van der Waals surface area contributed by atoms with E-state index in [0.29, 0.717) is 32.1 Å². The molecular formula is C19H26ClN3O3. The minimum absolute atomic E-state index is 0. The summed E-state index contributed by atoms with van der Waals surface area (Å²) in [5, 5.41) is 2.90. The second-order valence-corrected chi connectivity index (χ2v) is 6.53. The quantitative estimate of drug-likeness (QED) is 0.804. The summed E-state index contributed by atoms with van der Waals surface area (Å²) in [5.74, 6) is 0.698. The number of halogens is 1. The first-order valence-electron chi connectivity index (χ1n) is 8.76. The Morgan fingerprint density at radius 2 is 2.00 bits per heavy atom. The summed E-state index contributed by atoms with van der Waals surface area (Å²) in [4.78, 5) is 16.6. The van der Waals surface area contributed by atoms with E-state index in [-0.39, 0.29) is 24.2 Å². The molecule has 1 aliphatic heterocycles. The molecule has 3 rings (SSSR count). The fourth-order valence-corrected chi connectivity index (χ4v) is 2.97. The molecule has 1 amide bonds. The molecule has 1 atom stereocenters. The van der Waals surface area contributed by atoms with Crippen LogP contribution in [0.1, 0.15) is 24.1 Å². The normalized spacial score (nSPS) is 15.9. The summed E-state index contributed by atoms with van der Waals surface area (Å²) in [5.41, 5.74) is 9.02. The van der Waals surface area contributed by atoms with Gasteiger partial charge in [-0.3, -0.25) is 4.79 Å². The number of oxazole rings is 1. The lowest BCUT2D eigenvalue weighted by molar-refractivity contribution is -0.124. The zero-order valence-electron chi connectivity index (χ0n) is 14.9. The highest BCUT2D eigenvalue weighted by molar-refractivity contribution is 5.85. The maximum atomic E-state index is 12.2. The smallest absolute Gasteiger partial charge is 0.237 e. The molecule has 0 aliphatic carbocycles. The molecule has 1 unspecified atom stereocenters. The Balaban J connectivity index is 0.00000243. The number of benzene rings is 1. The van der Waals surface area contributed by atoms with Gasteiger partial charge in [-0.2, -0.15) is 0 Å². The summed E-state index contributed by atoms with van der Waals surface area (Å²) < 4.78 is 10.8. The second-order valence-electron chi connectivity index (χ2n) is 6.53. The zero-order chi connectivity index (χ0) is 17.6. The molecule has 0 spiro atoms. The van der Waals surface area contributed by atoms with E-state index in [0.717, 1.165) is 24.1 Å². The molecule has 1 aliphatic rings. The van der Waals surface area contributed by atoms with Crippen LogP contribution in [0, 0.1) is 12.8 Å². The average Bonchev–Trinajstić information content (AvgIpc) is 3.11. The van der Waals surface area contributed by atoms with Gasteiger partial charge in [0.1, 0.15) is 6.26 Å². The molecule has 2 aromatic rings. The van der Waals surface area contributed by atoms with E-state index >= 15 is 0 Å². The van der Waals surface area contributed by atoms with Crippen molar-refractivity contribution < 1.29 is 13.9 Å². The number of carbonyl (C=O) groups is 1. The van der Waals surface area contributed by atoms with Gasteiger partial charge in [-0.1, -0.05) is 17.7 Å². The number of ether oxygens (including phenoxy) is 1. The van der Waals surface area contributed by atoms with Crippen molar-refractivity contribution in [3.05, 3.63) is 41.8 Å². The Labute approximate surface area is 159 Å². The highest BCUT2D eigenvalue weighted by Gasteiger charge is 2.26. The van der Waals surface area contributed by atoms with Gasteiger partial charge in [0.2, 0.25) is 11.8 Å². The molecule has 1 aromatic heterocycles. The molecule has 1 aromatic carbocycles. The fourth-order valence-electron chi connectivity index (χ4n) is 2.97. The number of nitrogens with zero attached hydrogens (tertiary/aromatic N) is 1. The van der Waals surface area contributed by atoms with Crippen molar-refractivity contribution in [1.29, 1.82) is 0 Å². The van der Waals surface area contributed by atoms with Crippen molar-refractivity contribution in [3.8, 4) is 11.5 Å². The van der Waals surface area contributed by atoms with Crippen molar-refractivity contribution in [2.75, 3.05) is 19.8 Å². The lowest BCUT2D eigenvalue weighted by Gasteiger charge is -2.26. The van der Waals surface area contributed by atoms with Crippen LogP contribution in [0.15, 0.2) is 34.9 Å².